The number of carbonyl (C=O) groups is 1. The Morgan fingerprint density at radius 2 is 2.05 bits per heavy atom. The molecule has 0 saturated heterocycles. The van der Waals surface area contributed by atoms with Crippen molar-refractivity contribution in [1.29, 1.82) is 0 Å². The molecule has 1 amide bonds. The lowest BCUT2D eigenvalue weighted by Crippen LogP contribution is -2.34. The van der Waals surface area contributed by atoms with E-state index in [9.17, 15) is 4.79 Å². The van der Waals surface area contributed by atoms with E-state index >= 15 is 0 Å². The monoisotopic (exact) mass is 301 g/mol. The molecule has 5 heteroatoms. The van der Waals surface area contributed by atoms with Crippen molar-refractivity contribution in [2.24, 2.45) is 5.41 Å². The van der Waals surface area contributed by atoms with Gasteiger partial charge in [-0.25, -0.2) is 4.98 Å². The first-order valence-electron chi connectivity index (χ1n) is 7.44. The van der Waals surface area contributed by atoms with Crippen molar-refractivity contribution in [3.8, 4) is 0 Å². The Morgan fingerprint density at radius 1 is 1.32 bits per heavy atom. The summed E-state index contributed by atoms with van der Waals surface area (Å²) in [4.78, 5) is 16.1. The van der Waals surface area contributed by atoms with Gasteiger partial charge in [-0.05, 0) is 29.5 Å². The quantitative estimate of drug-likeness (QED) is 0.822. The molecular formula is C17H23N3O2. The number of imidazole rings is 1. The first-order valence-corrected chi connectivity index (χ1v) is 7.44. The van der Waals surface area contributed by atoms with Crippen molar-refractivity contribution in [3.63, 3.8) is 0 Å². The summed E-state index contributed by atoms with van der Waals surface area (Å²) in [7, 11) is 0. The fraction of sp³-hybridized carbons (Fsp3) is 0.412. The smallest absolute Gasteiger partial charge is 0.251 e. The molecule has 2 rings (SSSR count). The molecule has 0 fully saturated rings. The summed E-state index contributed by atoms with van der Waals surface area (Å²) in [5, 5.41) is 11.9. The molecule has 0 aliphatic heterocycles. The molecule has 2 N–H and O–H groups in total. The van der Waals surface area contributed by atoms with Gasteiger partial charge >= 0.3 is 0 Å². The van der Waals surface area contributed by atoms with Crippen LogP contribution in [-0.4, -0.2) is 33.7 Å². The molecule has 1 aromatic heterocycles. The number of hydrogen-bond acceptors (Lipinski definition) is 3. The maximum atomic E-state index is 12.1. The normalized spacial score (nSPS) is 11.4. The van der Waals surface area contributed by atoms with Gasteiger partial charge in [0.25, 0.3) is 5.91 Å². The van der Waals surface area contributed by atoms with Gasteiger partial charge < -0.3 is 15.0 Å². The van der Waals surface area contributed by atoms with Crippen molar-refractivity contribution in [2.75, 3.05) is 13.2 Å². The first kappa shape index (κ1) is 16.2. The van der Waals surface area contributed by atoms with Crippen LogP contribution in [-0.2, 0) is 6.54 Å². The second kappa shape index (κ2) is 7.22. The van der Waals surface area contributed by atoms with E-state index in [2.05, 4.69) is 10.3 Å². The Hall–Kier alpha value is -2.14. The van der Waals surface area contributed by atoms with Gasteiger partial charge in [0.2, 0.25) is 0 Å². The number of aliphatic hydroxyl groups excluding tert-OH is 1. The summed E-state index contributed by atoms with van der Waals surface area (Å²) in [6, 6.07) is 7.57. The van der Waals surface area contributed by atoms with Gasteiger partial charge in [-0.15, -0.1) is 0 Å². The second-order valence-corrected chi connectivity index (χ2v) is 6.25. The summed E-state index contributed by atoms with van der Waals surface area (Å²) >= 11 is 0. The van der Waals surface area contributed by atoms with Crippen molar-refractivity contribution in [2.45, 2.75) is 26.8 Å². The molecule has 0 saturated carbocycles. The third-order valence-electron chi connectivity index (χ3n) is 3.66. The highest BCUT2D eigenvalue weighted by Gasteiger charge is 2.18. The van der Waals surface area contributed by atoms with Gasteiger partial charge in [0.15, 0.2) is 0 Å². The summed E-state index contributed by atoms with van der Waals surface area (Å²) in [5.41, 5.74) is 1.66. The maximum Gasteiger partial charge on any atom is 0.251 e. The number of aromatic nitrogens is 2. The third kappa shape index (κ3) is 4.70. The number of carbonyl (C=O) groups excluding carboxylic acids is 1. The fourth-order valence-electron chi connectivity index (χ4n) is 2.17. The van der Waals surface area contributed by atoms with Crippen LogP contribution in [0.15, 0.2) is 43.0 Å². The SMILES string of the molecule is CC(C)(CCO)CNC(=O)c1ccc(Cn2ccnc2)cc1. The van der Waals surface area contributed by atoms with E-state index in [1.807, 2.05) is 48.9 Å². The van der Waals surface area contributed by atoms with Crippen molar-refractivity contribution in [3.05, 3.63) is 54.1 Å². The minimum atomic E-state index is -0.105. The molecule has 0 atom stereocenters. The Balaban J connectivity index is 1.91. The van der Waals surface area contributed by atoms with Crippen LogP contribution in [0.1, 0.15) is 36.2 Å². The molecule has 0 radical (unpaired) electrons. The molecule has 5 nitrogen and oxygen atoms in total. The van der Waals surface area contributed by atoms with Gasteiger partial charge in [0.1, 0.15) is 0 Å². The van der Waals surface area contributed by atoms with Crippen LogP contribution in [0.5, 0.6) is 0 Å². The largest absolute Gasteiger partial charge is 0.396 e. The number of benzene rings is 1. The van der Waals surface area contributed by atoms with Gasteiger partial charge in [0, 0.05) is 37.7 Å². The number of rotatable bonds is 7. The topological polar surface area (TPSA) is 67.2 Å². The fourth-order valence-corrected chi connectivity index (χ4v) is 2.17. The summed E-state index contributed by atoms with van der Waals surface area (Å²) in [6.45, 7) is 5.47. The highest BCUT2D eigenvalue weighted by molar-refractivity contribution is 5.94. The Kier molecular flexibility index (Phi) is 5.33. The predicted octanol–water partition coefficient (Wildman–Crippen LogP) is 2.07. The Bertz CT molecular complexity index is 589. The molecule has 118 valence electrons. The molecule has 1 aromatic carbocycles. The standard InChI is InChI=1S/C17H23N3O2/c1-17(2,7-10-21)12-19-16(22)15-5-3-14(4-6-15)11-20-9-8-18-13-20/h3-6,8-9,13,21H,7,10-12H2,1-2H3,(H,19,22). The van der Waals surface area contributed by atoms with Gasteiger partial charge in [0.05, 0.1) is 6.33 Å². The lowest BCUT2D eigenvalue weighted by atomic mass is 9.89. The number of amides is 1. The molecule has 0 aliphatic carbocycles. The first-order chi connectivity index (χ1) is 10.5. The van der Waals surface area contributed by atoms with Crippen LogP contribution in [0.3, 0.4) is 0 Å². The van der Waals surface area contributed by atoms with Crippen LogP contribution in [0.25, 0.3) is 0 Å². The van der Waals surface area contributed by atoms with E-state index < -0.39 is 0 Å². The van der Waals surface area contributed by atoms with E-state index in [-0.39, 0.29) is 17.9 Å². The van der Waals surface area contributed by atoms with Gasteiger partial charge in [-0.1, -0.05) is 26.0 Å². The van der Waals surface area contributed by atoms with E-state index in [1.54, 1.807) is 12.5 Å². The van der Waals surface area contributed by atoms with Crippen molar-refractivity contribution >= 4 is 5.91 Å². The average Bonchev–Trinajstić information content (AvgIpc) is 2.98. The summed E-state index contributed by atoms with van der Waals surface area (Å²) in [5.74, 6) is -0.0832. The van der Waals surface area contributed by atoms with Gasteiger partial charge in [-0.3, -0.25) is 4.79 Å². The lowest BCUT2D eigenvalue weighted by Gasteiger charge is -2.23. The number of hydrogen-bond donors (Lipinski definition) is 2. The lowest BCUT2D eigenvalue weighted by molar-refractivity contribution is 0.0928. The maximum absolute atomic E-state index is 12.1. The molecule has 0 unspecified atom stereocenters. The van der Waals surface area contributed by atoms with E-state index in [0.717, 1.165) is 12.1 Å². The molecule has 0 bridgehead atoms. The average molecular weight is 301 g/mol. The highest BCUT2D eigenvalue weighted by atomic mass is 16.3. The number of nitrogens with one attached hydrogen (secondary N) is 1. The van der Waals surface area contributed by atoms with E-state index in [0.29, 0.717) is 18.5 Å². The van der Waals surface area contributed by atoms with Crippen LogP contribution in [0.4, 0.5) is 0 Å². The van der Waals surface area contributed by atoms with Crippen LogP contribution in [0.2, 0.25) is 0 Å². The van der Waals surface area contributed by atoms with Crippen LogP contribution in [0, 0.1) is 5.41 Å². The number of aliphatic hydroxyl groups is 1. The highest BCUT2D eigenvalue weighted by Crippen LogP contribution is 2.18. The minimum Gasteiger partial charge on any atom is -0.396 e. The molecule has 0 aliphatic rings. The zero-order valence-electron chi connectivity index (χ0n) is 13.1. The van der Waals surface area contributed by atoms with Crippen LogP contribution < -0.4 is 5.32 Å². The van der Waals surface area contributed by atoms with Crippen LogP contribution >= 0.6 is 0 Å². The molecule has 0 spiro atoms. The Labute approximate surface area is 131 Å². The molecule has 1 heterocycles. The van der Waals surface area contributed by atoms with E-state index in [4.69, 9.17) is 5.11 Å². The predicted molar refractivity (Wildman–Crippen MR) is 85.6 cm³/mol. The molecule has 22 heavy (non-hydrogen) atoms. The van der Waals surface area contributed by atoms with Crippen molar-refractivity contribution < 1.29 is 9.90 Å². The third-order valence-corrected chi connectivity index (χ3v) is 3.66. The summed E-state index contributed by atoms with van der Waals surface area (Å²) < 4.78 is 1.98. The van der Waals surface area contributed by atoms with Gasteiger partial charge in [-0.2, -0.15) is 0 Å². The zero-order chi connectivity index (χ0) is 16.0. The van der Waals surface area contributed by atoms with E-state index in [1.165, 1.54) is 0 Å². The second-order valence-electron chi connectivity index (χ2n) is 6.25. The van der Waals surface area contributed by atoms with Crippen molar-refractivity contribution in [1.82, 2.24) is 14.9 Å². The molecular weight excluding hydrogens is 278 g/mol. The Morgan fingerprint density at radius 3 is 2.64 bits per heavy atom. The summed E-state index contributed by atoms with van der Waals surface area (Å²) in [6.07, 6.45) is 6.08. The molecule has 2 aromatic rings. The minimum absolute atomic E-state index is 0.0832. The number of nitrogens with zero attached hydrogens (tertiary/aromatic N) is 2. The zero-order valence-corrected chi connectivity index (χ0v) is 13.1.